The van der Waals surface area contributed by atoms with Gasteiger partial charge in [0.25, 0.3) is 0 Å². The third kappa shape index (κ3) is 3.06. The quantitative estimate of drug-likeness (QED) is 0.804. The molecule has 1 aromatic rings. The third-order valence-corrected chi connectivity index (χ3v) is 2.05. The first-order valence-corrected chi connectivity index (χ1v) is 4.80. The molecule has 0 fully saturated rings. The van der Waals surface area contributed by atoms with Crippen LogP contribution < -0.4 is 5.32 Å². The molecule has 78 valence electrons. The maximum atomic E-state index is 11.0. The first-order valence-electron chi connectivity index (χ1n) is 4.80. The van der Waals surface area contributed by atoms with Crippen LogP contribution in [0.1, 0.15) is 30.3 Å². The monoisotopic (exact) mass is 203 g/mol. The summed E-state index contributed by atoms with van der Waals surface area (Å²) in [5, 5.41) is 11.5. The molecule has 0 saturated heterocycles. The summed E-state index contributed by atoms with van der Waals surface area (Å²) in [5.74, 6) is -0.0177. The minimum atomic E-state index is -0.0177. The van der Waals surface area contributed by atoms with Crippen molar-refractivity contribution >= 4 is 5.91 Å². The van der Waals surface area contributed by atoms with E-state index in [9.17, 15) is 4.79 Å². The van der Waals surface area contributed by atoms with E-state index in [1.54, 1.807) is 6.92 Å². The van der Waals surface area contributed by atoms with Crippen LogP contribution in [0.4, 0.5) is 0 Å². The highest BCUT2D eigenvalue weighted by atomic mass is 16.1. The summed E-state index contributed by atoms with van der Waals surface area (Å²) < 4.78 is 0. The molecule has 1 rings (SSSR count). The van der Waals surface area contributed by atoms with Gasteiger partial charge in [-0.1, -0.05) is 13.0 Å². The smallest absolute Gasteiger partial charge is 0.220 e. The molecule has 15 heavy (non-hydrogen) atoms. The van der Waals surface area contributed by atoms with Crippen molar-refractivity contribution in [1.29, 1.82) is 5.26 Å². The second kappa shape index (κ2) is 5.11. The number of nitriles is 1. The molecule has 4 nitrogen and oxygen atoms in total. The largest absolute Gasteiger partial charge is 0.350 e. The third-order valence-electron chi connectivity index (χ3n) is 2.05. The van der Waals surface area contributed by atoms with E-state index in [1.807, 2.05) is 25.1 Å². The Morgan fingerprint density at radius 2 is 2.33 bits per heavy atom. The molecule has 0 spiro atoms. The lowest BCUT2D eigenvalue weighted by Crippen LogP contribution is -2.22. The Bertz CT molecular complexity index is 407. The van der Waals surface area contributed by atoms with Crippen molar-refractivity contribution in [3.63, 3.8) is 0 Å². The average Bonchev–Trinajstić information content (AvgIpc) is 2.27. The van der Waals surface area contributed by atoms with Crippen molar-refractivity contribution in [2.24, 2.45) is 0 Å². The molecule has 0 aromatic carbocycles. The zero-order valence-corrected chi connectivity index (χ0v) is 8.87. The van der Waals surface area contributed by atoms with Crippen molar-refractivity contribution in [2.45, 2.75) is 26.8 Å². The standard InChI is InChI=1S/C11H13N3O/c1-3-11(15)13-7-9-5-4-8(2)10(6-12)14-9/h4-5H,3,7H2,1-2H3,(H,13,15). The van der Waals surface area contributed by atoms with Gasteiger partial charge in [-0.3, -0.25) is 4.79 Å². The molecule has 1 amide bonds. The summed E-state index contributed by atoms with van der Waals surface area (Å²) in [6.07, 6.45) is 0.455. The highest BCUT2D eigenvalue weighted by molar-refractivity contribution is 5.75. The SMILES string of the molecule is CCC(=O)NCc1ccc(C)c(C#N)n1. The summed E-state index contributed by atoms with van der Waals surface area (Å²) >= 11 is 0. The van der Waals surface area contributed by atoms with Crippen molar-refractivity contribution in [1.82, 2.24) is 10.3 Å². The van der Waals surface area contributed by atoms with Gasteiger partial charge in [-0.05, 0) is 18.6 Å². The number of hydrogen-bond acceptors (Lipinski definition) is 3. The summed E-state index contributed by atoms with van der Waals surface area (Å²) in [6.45, 7) is 4.00. The van der Waals surface area contributed by atoms with Crippen LogP contribution in [0.2, 0.25) is 0 Å². The Morgan fingerprint density at radius 1 is 1.60 bits per heavy atom. The minimum absolute atomic E-state index is 0.0177. The topological polar surface area (TPSA) is 65.8 Å². The number of rotatable bonds is 3. The molecule has 1 heterocycles. The van der Waals surface area contributed by atoms with Gasteiger partial charge in [-0.25, -0.2) is 4.98 Å². The number of carbonyl (C=O) groups is 1. The molecule has 0 unspecified atom stereocenters. The normalized spacial score (nSPS) is 9.40. The fourth-order valence-corrected chi connectivity index (χ4v) is 1.09. The van der Waals surface area contributed by atoms with Gasteiger partial charge in [-0.2, -0.15) is 5.26 Å². The molecule has 0 aliphatic rings. The maximum absolute atomic E-state index is 11.0. The number of amides is 1. The van der Waals surface area contributed by atoms with Crippen molar-refractivity contribution < 1.29 is 4.79 Å². The van der Waals surface area contributed by atoms with Gasteiger partial charge in [0, 0.05) is 6.42 Å². The number of nitrogens with one attached hydrogen (secondary N) is 1. The van der Waals surface area contributed by atoms with E-state index in [4.69, 9.17) is 5.26 Å². The van der Waals surface area contributed by atoms with E-state index in [-0.39, 0.29) is 5.91 Å². The number of aromatic nitrogens is 1. The Balaban J connectivity index is 2.71. The van der Waals surface area contributed by atoms with Crippen LogP contribution in [0, 0.1) is 18.3 Å². The number of carbonyl (C=O) groups excluding carboxylic acids is 1. The molecule has 1 N–H and O–H groups in total. The number of nitrogens with zero attached hydrogens (tertiary/aromatic N) is 2. The molecule has 0 aliphatic carbocycles. The van der Waals surface area contributed by atoms with E-state index in [2.05, 4.69) is 10.3 Å². The lowest BCUT2D eigenvalue weighted by atomic mass is 10.2. The van der Waals surface area contributed by atoms with Gasteiger partial charge in [0.15, 0.2) is 0 Å². The lowest BCUT2D eigenvalue weighted by Gasteiger charge is -2.04. The second-order valence-electron chi connectivity index (χ2n) is 3.21. The fraction of sp³-hybridized carbons (Fsp3) is 0.364. The number of pyridine rings is 1. The van der Waals surface area contributed by atoms with Crippen LogP contribution in [0.15, 0.2) is 12.1 Å². The molecule has 0 aliphatic heterocycles. The Hall–Kier alpha value is -1.89. The maximum Gasteiger partial charge on any atom is 0.220 e. The summed E-state index contributed by atoms with van der Waals surface area (Å²) in [4.78, 5) is 15.1. The second-order valence-corrected chi connectivity index (χ2v) is 3.21. The Morgan fingerprint density at radius 3 is 2.93 bits per heavy atom. The van der Waals surface area contributed by atoms with E-state index in [0.29, 0.717) is 24.4 Å². The van der Waals surface area contributed by atoms with Crippen LogP contribution in [-0.2, 0) is 11.3 Å². The van der Waals surface area contributed by atoms with Crippen LogP contribution in [0.3, 0.4) is 0 Å². The van der Waals surface area contributed by atoms with Gasteiger partial charge < -0.3 is 5.32 Å². The van der Waals surface area contributed by atoms with Crippen molar-refractivity contribution in [3.05, 3.63) is 29.1 Å². The Labute approximate surface area is 88.9 Å². The predicted octanol–water partition coefficient (Wildman–Crippen LogP) is 1.29. The molecule has 0 saturated carbocycles. The van der Waals surface area contributed by atoms with Crippen molar-refractivity contribution in [2.75, 3.05) is 0 Å². The lowest BCUT2D eigenvalue weighted by molar-refractivity contribution is -0.120. The van der Waals surface area contributed by atoms with Gasteiger partial charge in [0.2, 0.25) is 5.91 Å². The summed E-state index contributed by atoms with van der Waals surface area (Å²) in [7, 11) is 0. The van der Waals surface area contributed by atoms with Crippen molar-refractivity contribution in [3.8, 4) is 6.07 Å². The molecular formula is C11H13N3O. The van der Waals surface area contributed by atoms with Crippen LogP contribution in [0.25, 0.3) is 0 Å². The van der Waals surface area contributed by atoms with Gasteiger partial charge in [-0.15, -0.1) is 0 Å². The number of aryl methyl sites for hydroxylation is 1. The van der Waals surface area contributed by atoms with E-state index >= 15 is 0 Å². The van der Waals surface area contributed by atoms with Gasteiger partial charge >= 0.3 is 0 Å². The van der Waals surface area contributed by atoms with Gasteiger partial charge in [0.05, 0.1) is 12.2 Å². The first kappa shape index (κ1) is 11.2. The van der Waals surface area contributed by atoms with Crippen LogP contribution in [-0.4, -0.2) is 10.9 Å². The average molecular weight is 203 g/mol. The fourth-order valence-electron chi connectivity index (χ4n) is 1.09. The van der Waals surface area contributed by atoms with E-state index in [1.165, 1.54) is 0 Å². The zero-order chi connectivity index (χ0) is 11.3. The minimum Gasteiger partial charge on any atom is -0.350 e. The molecule has 1 aromatic heterocycles. The molecule has 0 bridgehead atoms. The number of hydrogen-bond donors (Lipinski definition) is 1. The molecule has 0 radical (unpaired) electrons. The summed E-state index contributed by atoms with van der Waals surface area (Å²) in [6, 6.07) is 5.66. The Kier molecular flexibility index (Phi) is 3.81. The highest BCUT2D eigenvalue weighted by Crippen LogP contribution is 2.04. The first-order chi connectivity index (χ1) is 7.17. The molecule has 4 heteroatoms. The predicted molar refractivity (Wildman–Crippen MR) is 55.8 cm³/mol. The molecule has 0 atom stereocenters. The van der Waals surface area contributed by atoms with Gasteiger partial charge in [0.1, 0.15) is 11.8 Å². The highest BCUT2D eigenvalue weighted by Gasteiger charge is 2.02. The molecular weight excluding hydrogens is 190 g/mol. The summed E-state index contributed by atoms with van der Waals surface area (Å²) in [5.41, 5.74) is 1.97. The zero-order valence-electron chi connectivity index (χ0n) is 8.87. The van der Waals surface area contributed by atoms with Crippen LogP contribution in [0.5, 0.6) is 0 Å². The van der Waals surface area contributed by atoms with E-state index in [0.717, 1.165) is 5.56 Å². The van der Waals surface area contributed by atoms with E-state index < -0.39 is 0 Å². The van der Waals surface area contributed by atoms with Crippen LogP contribution >= 0.6 is 0 Å².